The van der Waals surface area contributed by atoms with Gasteiger partial charge in [-0.3, -0.25) is 4.68 Å². The minimum atomic E-state index is 0.749. The lowest BCUT2D eigenvalue weighted by Gasteiger charge is -2.00. The van der Waals surface area contributed by atoms with Gasteiger partial charge in [-0.25, -0.2) is 0 Å². The molecule has 88 valence electrons. The highest BCUT2D eigenvalue weighted by atomic mass is 32.1. The topological polar surface area (TPSA) is 53.6 Å². The van der Waals surface area contributed by atoms with E-state index in [9.17, 15) is 0 Å². The highest BCUT2D eigenvalue weighted by Gasteiger charge is 1.99. The van der Waals surface area contributed by atoms with Crippen LogP contribution in [0.1, 0.15) is 16.0 Å². The van der Waals surface area contributed by atoms with E-state index in [-0.39, 0.29) is 0 Å². The second-order valence-electron chi connectivity index (χ2n) is 3.86. The predicted molar refractivity (Wildman–Crippen MR) is 67.7 cm³/mol. The zero-order valence-corrected chi connectivity index (χ0v) is 10.5. The van der Waals surface area contributed by atoms with Gasteiger partial charge in [-0.2, -0.15) is 10.4 Å². The minimum absolute atomic E-state index is 0.749. The molecule has 2 heterocycles. The Morgan fingerprint density at radius 3 is 3.12 bits per heavy atom. The molecule has 2 aromatic heterocycles. The summed E-state index contributed by atoms with van der Waals surface area (Å²) in [6.07, 6.45) is 4.89. The first-order chi connectivity index (χ1) is 8.28. The van der Waals surface area contributed by atoms with Gasteiger partial charge in [-0.05, 0) is 24.6 Å². The zero-order valence-electron chi connectivity index (χ0n) is 9.68. The number of aromatic nitrogens is 2. The molecule has 0 aromatic carbocycles. The lowest BCUT2D eigenvalue weighted by atomic mass is 10.2. The average Bonchev–Trinajstić information content (AvgIpc) is 2.93. The molecule has 0 amide bonds. The fourth-order valence-electron chi connectivity index (χ4n) is 1.58. The van der Waals surface area contributed by atoms with Crippen LogP contribution in [-0.4, -0.2) is 16.3 Å². The Morgan fingerprint density at radius 2 is 2.47 bits per heavy atom. The first kappa shape index (κ1) is 11.8. The normalized spacial score (nSPS) is 10.4. The molecule has 2 rings (SSSR count). The molecule has 0 aliphatic carbocycles. The number of aryl methyl sites for hydroxylation is 1. The van der Waals surface area contributed by atoms with Gasteiger partial charge in [0.1, 0.15) is 6.07 Å². The van der Waals surface area contributed by atoms with Gasteiger partial charge in [0.2, 0.25) is 0 Å². The van der Waals surface area contributed by atoms with Crippen LogP contribution in [0.4, 0.5) is 0 Å². The number of hydrogen-bond donors (Lipinski definition) is 1. The van der Waals surface area contributed by atoms with Gasteiger partial charge in [0.15, 0.2) is 0 Å². The lowest BCUT2D eigenvalue weighted by Crippen LogP contribution is -2.15. The molecule has 0 saturated carbocycles. The summed E-state index contributed by atoms with van der Waals surface area (Å²) in [4.78, 5) is 1.20. The van der Waals surface area contributed by atoms with Crippen molar-refractivity contribution in [2.75, 3.05) is 6.54 Å². The Hall–Kier alpha value is -1.64. The molecule has 1 N–H and O–H groups in total. The Morgan fingerprint density at radius 1 is 1.59 bits per heavy atom. The molecule has 0 fully saturated rings. The molecule has 0 bridgehead atoms. The van der Waals surface area contributed by atoms with Crippen molar-refractivity contribution >= 4 is 11.3 Å². The molecule has 5 heteroatoms. The average molecular weight is 246 g/mol. The molecule has 0 spiro atoms. The maximum Gasteiger partial charge on any atom is 0.100 e. The first-order valence-corrected chi connectivity index (χ1v) is 6.31. The Kier molecular flexibility index (Phi) is 3.91. The van der Waals surface area contributed by atoms with Gasteiger partial charge in [-0.15, -0.1) is 11.3 Å². The van der Waals surface area contributed by atoms with Crippen molar-refractivity contribution < 1.29 is 0 Å². The Balaban J connectivity index is 1.71. The molecule has 0 atom stereocenters. The number of nitriles is 1. The van der Waals surface area contributed by atoms with E-state index < -0.39 is 0 Å². The smallest absolute Gasteiger partial charge is 0.100 e. The number of rotatable bonds is 5. The minimum Gasteiger partial charge on any atom is -0.312 e. The van der Waals surface area contributed by atoms with Gasteiger partial charge < -0.3 is 5.32 Å². The van der Waals surface area contributed by atoms with Crippen LogP contribution in [0.25, 0.3) is 0 Å². The van der Waals surface area contributed by atoms with Crippen molar-refractivity contribution in [1.29, 1.82) is 5.26 Å². The van der Waals surface area contributed by atoms with Crippen LogP contribution in [0.5, 0.6) is 0 Å². The van der Waals surface area contributed by atoms with Crippen molar-refractivity contribution in [2.45, 2.75) is 13.0 Å². The SMILES string of the molecule is Cn1cc(CCNCc2cc(C#N)cs2)cn1. The van der Waals surface area contributed by atoms with Crippen molar-refractivity contribution in [1.82, 2.24) is 15.1 Å². The van der Waals surface area contributed by atoms with Gasteiger partial charge in [0.05, 0.1) is 11.8 Å². The second kappa shape index (κ2) is 5.62. The van der Waals surface area contributed by atoms with Crippen LogP contribution in [-0.2, 0) is 20.0 Å². The number of thiophene rings is 1. The van der Waals surface area contributed by atoms with E-state index in [1.807, 2.05) is 35.6 Å². The maximum absolute atomic E-state index is 8.70. The third-order valence-corrected chi connectivity index (χ3v) is 3.37. The Bertz CT molecular complexity index is 521. The summed E-state index contributed by atoms with van der Waals surface area (Å²) in [5.41, 5.74) is 1.99. The van der Waals surface area contributed by atoms with E-state index in [2.05, 4.69) is 16.5 Å². The van der Waals surface area contributed by atoms with Crippen molar-refractivity contribution in [2.24, 2.45) is 7.05 Å². The van der Waals surface area contributed by atoms with Crippen LogP contribution in [0.15, 0.2) is 23.8 Å². The molecule has 0 radical (unpaired) electrons. The fourth-order valence-corrected chi connectivity index (χ4v) is 2.36. The molecule has 2 aromatic rings. The number of nitrogens with zero attached hydrogens (tertiary/aromatic N) is 3. The molecule has 0 aliphatic heterocycles. The van der Waals surface area contributed by atoms with Crippen LogP contribution in [0.2, 0.25) is 0 Å². The van der Waals surface area contributed by atoms with E-state index in [0.29, 0.717) is 0 Å². The molecule has 0 unspecified atom stereocenters. The van der Waals surface area contributed by atoms with E-state index in [1.165, 1.54) is 10.4 Å². The molecule has 0 aliphatic rings. The van der Waals surface area contributed by atoms with E-state index in [4.69, 9.17) is 5.26 Å². The standard InChI is InChI=1S/C12H14N4S/c1-16-8-10(6-15-16)2-3-14-7-12-4-11(5-13)9-17-12/h4,6,8-9,14H,2-3,7H2,1H3. The molecule has 0 saturated heterocycles. The van der Waals surface area contributed by atoms with Crippen LogP contribution < -0.4 is 5.32 Å². The summed E-state index contributed by atoms with van der Waals surface area (Å²) in [6, 6.07) is 4.07. The zero-order chi connectivity index (χ0) is 12.1. The highest BCUT2D eigenvalue weighted by molar-refractivity contribution is 7.10. The maximum atomic E-state index is 8.70. The highest BCUT2D eigenvalue weighted by Crippen LogP contribution is 2.13. The van der Waals surface area contributed by atoms with Crippen molar-refractivity contribution in [3.63, 3.8) is 0 Å². The largest absolute Gasteiger partial charge is 0.312 e. The van der Waals surface area contributed by atoms with Gasteiger partial charge in [-0.1, -0.05) is 0 Å². The van der Waals surface area contributed by atoms with Gasteiger partial charge in [0.25, 0.3) is 0 Å². The quantitative estimate of drug-likeness (QED) is 0.817. The predicted octanol–water partition coefficient (Wildman–Crippen LogP) is 1.69. The van der Waals surface area contributed by atoms with Crippen LogP contribution in [0, 0.1) is 11.3 Å². The summed E-state index contributed by atoms with van der Waals surface area (Å²) in [6.45, 7) is 1.75. The Labute approximate surface area is 105 Å². The summed E-state index contributed by atoms with van der Waals surface area (Å²) in [7, 11) is 1.92. The summed E-state index contributed by atoms with van der Waals surface area (Å²) in [5, 5.41) is 18.1. The molecule has 4 nitrogen and oxygen atoms in total. The van der Waals surface area contributed by atoms with Crippen molar-refractivity contribution in [3.8, 4) is 6.07 Å². The summed E-state index contributed by atoms with van der Waals surface area (Å²) in [5.74, 6) is 0. The van der Waals surface area contributed by atoms with E-state index >= 15 is 0 Å². The summed E-state index contributed by atoms with van der Waals surface area (Å²) >= 11 is 1.62. The van der Waals surface area contributed by atoms with Gasteiger partial charge >= 0.3 is 0 Å². The molecular formula is C12H14N4S. The summed E-state index contributed by atoms with van der Waals surface area (Å²) < 4.78 is 1.81. The van der Waals surface area contributed by atoms with E-state index in [0.717, 1.165) is 25.1 Å². The second-order valence-corrected chi connectivity index (χ2v) is 4.86. The fraction of sp³-hybridized carbons (Fsp3) is 0.333. The van der Waals surface area contributed by atoms with Gasteiger partial charge in [0, 0.05) is 30.0 Å². The lowest BCUT2D eigenvalue weighted by molar-refractivity contribution is 0.692. The van der Waals surface area contributed by atoms with Crippen molar-refractivity contribution in [3.05, 3.63) is 39.8 Å². The van der Waals surface area contributed by atoms with E-state index in [1.54, 1.807) is 11.3 Å². The van der Waals surface area contributed by atoms with Crippen LogP contribution >= 0.6 is 11.3 Å². The molecular weight excluding hydrogens is 232 g/mol. The number of nitrogens with one attached hydrogen (secondary N) is 1. The third kappa shape index (κ3) is 3.41. The monoisotopic (exact) mass is 246 g/mol. The third-order valence-electron chi connectivity index (χ3n) is 2.43. The number of hydrogen-bond acceptors (Lipinski definition) is 4. The van der Waals surface area contributed by atoms with Crippen LogP contribution in [0.3, 0.4) is 0 Å². The molecule has 17 heavy (non-hydrogen) atoms. The first-order valence-electron chi connectivity index (χ1n) is 5.43.